The topological polar surface area (TPSA) is 46.0 Å². The fraction of sp³-hybridized carbons (Fsp3) is 0.231. The molecule has 1 aromatic heterocycles. The summed E-state index contributed by atoms with van der Waals surface area (Å²) in [6, 6.07) is 6.49. The molecule has 0 saturated carbocycles. The van der Waals surface area contributed by atoms with Gasteiger partial charge in [-0.2, -0.15) is 0 Å². The van der Waals surface area contributed by atoms with E-state index >= 15 is 0 Å². The van der Waals surface area contributed by atoms with Gasteiger partial charge in [0.25, 0.3) is 0 Å². The largest absolute Gasteiger partial charge is 0.392 e. The summed E-state index contributed by atoms with van der Waals surface area (Å²) in [7, 11) is 0. The van der Waals surface area contributed by atoms with E-state index in [0.717, 1.165) is 23.1 Å². The van der Waals surface area contributed by atoms with Gasteiger partial charge in [0.2, 0.25) is 0 Å². The minimum absolute atomic E-state index is 0.203. The number of aromatic nitrogens is 2. The fourth-order valence-electron chi connectivity index (χ4n) is 1.62. The Bertz CT molecular complexity index is 555. The molecule has 1 N–H and O–H groups in total. The molecular formula is C13H13FN2OS. The van der Waals surface area contributed by atoms with E-state index in [1.54, 1.807) is 12.1 Å². The number of benzene rings is 1. The van der Waals surface area contributed by atoms with E-state index in [2.05, 4.69) is 9.97 Å². The first kappa shape index (κ1) is 13.0. The van der Waals surface area contributed by atoms with E-state index in [9.17, 15) is 9.50 Å². The third kappa shape index (κ3) is 2.86. The molecule has 0 saturated heterocycles. The summed E-state index contributed by atoms with van der Waals surface area (Å²) >= 11 is 1.14. The number of halogens is 1. The van der Waals surface area contributed by atoms with E-state index in [4.69, 9.17) is 0 Å². The lowest BCUT2D eigenvalue weighted by Crippen LogP contribution is -1.96. The van der Waals surface area contributed by atoms with Crippen molar-refractivity contribution in [1.29, 1.82) is 0 Å². The second-order valence-electron chi connectivity index (χ2n) is 3.92. The molecular weight excluding hydrogens is 251 g/mol. The lowest BCUT2D eigenvalue weighted by atomic mass is 10.2. The van der Waals surface area contributed by atoms with Crippen LogP contribution in [0.2, 0.25) is 0 Å². The van der Waals surface area contributed by atoms with Gasteiger partial charge < -0.3 is 5.11 Å². The van der Waals surface area contributed by atoms with E-state index < -0.39 is 0 Å². The van der Waals surface area contributed by atoms with Crippen LogP contribution in [-0.4, -0.2) is 15.1 Å². The second-order valence-corrected chi connectivity index (χ2v) is 4.90. The first-order valence-corrected chi connectivity index (χ1v) is 6.30. The Morgan fingerprint density at radius 3 is 2.50 bits per heavy atom. The molecule has 0 amide bonds. The number of hydrogen-bond acceptors (Lipinski definition) is 4. The van der Waals surface area contributed by atoms with Gasteiger partial charge in [0.15, 0.2) is 5.16 Å². The molecule has 94 valence electrons. The van der Waals surface area contributed by atoms with Crippen LogP contribution in [0.1, 0.15) is 17.0 Å². The van der Waals surface area contributed by atoms with Gasteiger partial charge in [0.1, 0.15) is 5.82 Å². The summed E-state index contributed by atoms with van der Waals surface area (Å²) in [5.74, 6) is -0.366. The molecule has 0 atom stereocenters. The van der Waals surface area contributed by atoms with Crippen LogP contribution < -0.4 is 0 Å². The quantitative estimate of drug-likeness (QED) is 0.866. The average Bonchev–Trinajstić information content (AvgIpc) is 2.30. The van der Waals surface area contributed by atoms with Crippen LogP contribution in [0.15, 0.2) is 34.3 Å². The normalized spacial score (nSPS) is 10.7. The number of aryl methyl sites for hydroxylation is 2. The molecule has 0 aliphatic carbocycles. The number of aliphatic hydroxyl groups excluding tert-OH is 1. The Morgan fingerprint density at radius 1 is 1.22 bits per heavy atom. The number of nitrogens with zero attached hydrogens (tertiary/aromatic N) is 2. The monoisotopic (exact) mass is 264 g/mol. The van der Waals surface area contributed by atoms with Crippen LogP contribution in [-0.2, 0) is 6.61 Å². The van der Waals surface area contributed by atoms with Crippen molar-refractivity contribution in [2.24, 2.45) is 0 Å². The number of aliphatic hydroxyl groups is 1. The third-order valence-electron chi connectivity index (χ3n) is 2.37. The summed E-state index contributed by atoms with van der Waals surface area (Å²) in [5.41, 5.74) is 2.22. The minimum atomic E-state index is -0.366. The molecule has 1 heterocycles. The lowest BCUT2D eigenvalue weighted by Gasteiger charge is -2.08. The van der Waals surface area contributed by atoms with E-state index in [1.165, 1.54) is 6.07 Å². The van der Waals surface area contributed by atoms with Crippen molar-refractivity contribution in [3.8, 4) is 0 Å². The van der Waals surface area contributed by atoms with E-state index in [0.29, 0.717) is 15.6 Å². The van der Waals surface area contributed by atoms with E-state index in [1.807, 2.05) is 19.9 Å². The number of rotatable bonds is 3. The zero-order chi connectivity index (χ0) is 13.1. The van der Waals surface area contributed by atoms with Gasteiger partial charge in [0.05, 0.1) is 11.5 Å². The van der Waals surface area contributed by atoms with Crippen molar-refractivity contribution >= 4 is 11.8 Å². The zero-order valence-electron chi connectivity index (χ0n) is 10.1. The first-order chi connectivity index (χ1) is 8.60. The highest BCUT2D eigenvalue weighted by Crippen LogP contribution is 2.30. The Morgan fingerprint density at radius 2 is 1.89 bits per heavy atom. The summed E-state index contributed by atoms with van der Waals surface area (Å²) in [6.07, 6.45) is 0. The molecule has 0 aliphatic rings. The highest BCUT2D eigenvalue weighted by atomic mass is 32.2. The number of hydrogen-bond donors (Lipinski definition) is 1. The maximum absolute atomic E-state index is 13.7. The van der Waals surface area contributed by atoms with Gasteiger partial charge in [-0.25, -0.2) is 14.4 Å². The Balaban J connectivity index is 2.39. The van der Waals surface area contributed by atoms with Gasteiger partial charge in [-0.15, -0.1) is 0 Å². The predicted octanol–water partition coefficient (Wildman–Crippen LogP) is 2.88. The average molecular weight is 264 g/mol. The predicted molar refractivity (Wildman–Crippen MR) is 68.0 cm³/mol. The zero-order valence-corrected chi connectivity index (χ0v) is 11.0. The van der Waals surface area contributed by atoms with Crippen molar-refractivity contribution in [2.45, 2.75) is 30.5 Å². The van der Waals surface area contributed by atoms with Crippen molar-refractivity contribution < 1.29 is 9.50 Å². The second kappa shape index (κ2) is 5.46. The highest BCUT2D eigenvalue weighted by Gasteiger charge is 2.11. The summed E-state index contributed by atoms with van der Waals surface area (Å²) in [6.45, 7) is 3.53. The van der Waals surface area contributed by atoms with Crippen LogP contribution in [0.25, 0.3) is 0 Å². The smallest absolute Gasteiger partial charge is 0.192 e. The van der Waals surface area contributed by atoms with Gasteiger partial charge in [-0.1, -0.05) is 12.1 Å². The van der Waals surface area contributed by atoms with Crippen LogP contribution in [0, 0.1) is 19.7 Å². The van der Waals surface area contributed by atoms with Crippen molar-refractivity contribution in [3.63, 3.8) is 0 Å². The maximum Gasteiger partial charge on any atom is 0.192 e. The Kier molecular flexibility index (Phi) is 3.93. The van der Waals surface area contributed by atoms with Gasteiger partial charge in [-0.3, -0.25) is 0 Å². The molecule has 2 rings (SSSR count). The van der Waals surface area contributed by atoms with Gasteiger partial charge in [0, 0.05) is 11.4 Å². The van der Waals surface area contributed by atoms with Crippen molar-refractivity contribution in [3.05, 3.63) is 47.0 Å². The van der Waals surface area contributed by atoms with E-state index in [-0.39, 0.29) is 12.4 Å². The van der Waals surface area contributed by atoms with Crippen LogP contribution in [0.4, 0.5) is 4.39 Å². The van der Waals surface area contributed by atoms with Crippen LogP contribution in [0.3, 0.4) is 0 Å². The summed E-state index contributed by atoms with van der Waals surface area (Å²) in [5, 5.41) is 9.70. The van der Waals surface area contributed by atoms with Gasteiger partial charge >= 0.3 is 0 Å². The fourth-order valence-corrected chi connectivity index (χ4v) is 2.61. The molecule has 0 unspecified atom stereocenters. The SMILES string of the molecule is Cc1cc(C)nc(Sc2c(F)cccc2CO)n1. The molecule has 1 aromatic carbocycles. The van der Waals surface area contributed by atoms with Gasteiger partial charge in [-0.05, 0) is 43.3 Å². The molecule has 0 fully saturated rings. The van der Waals surface area contributed by atoms with Crippen molar-refractivity contribution in [2.75, 3.05) is 0 Å². The first-order valence-electron chi connectivity index (χ1n) is 5.48. The molecule has 0 bridgehead atoms. The Labute approximate surface area is 109 Å². The third-order valence-corrected chi connectivity index (χ3v) is 3.40. The molecule has 0 radical (unpaired) electrons. The molecule has 2 aromatic rings. The maximum atomic E-state index is 13.7. The lowest BCUT2D eigenvalue weighted by molar-refractivity contribution is 0.277. The molecule has 0 aliphatic heterocycles. The summed E-state index contributed by atoms with van der Waals surface area (Å²) in [4.78, 5) is 8.88. The molecule has 5 heteroatoms. The summed E-state index contributed by atoms with van der Waals surface area (Å²) < 4.78 is 13.7. The van der Waals surface area contributed by atoms with Crippen molar-refractivity contribution in [1.82, 2.24) is 9.97 Å². The standard InChI is InChI=1S/C13H13FN2OS/c1-8-6-9(2)16-13(15-8)18-12-10(7-17)4-3-5-11(12)14/h3-6,17H,7H2,1-2H3. The molecule has 0 spiro atoms. The highest BCUT2D eigenvalue weighted by molar-refractivity contribution is 7.99. The van der Waals surface area contributed by atoms with Crippen LogP contribution >= 0.6 is 11.8 Å². The Hall–Kier alpha value is -1.46. The minimum Gasteiger partial charge on any atom is -0.392 e. The molecule has 18 heavy (non-hydrogen) atoms. The molecule has 3 nitrogen and oxygen atoms in total. The van der Waals surface area contributed by atoms with Crippen LogP contribution in [0.5, 0.6) is 0 Å².